The number of aromatic nitrogens is 5. The van der Waals surface area contributed by atoms with Crippen LogP contribution in [0.5, 0.6) is 17.4 Å². The molecular formula is C31H25N7O2. The van der Waals surface area contributed by atoms with E-state index >= 15 is 0 Å². The molecule has 3 aromatic carbocycles. The molecular weight excluding hydrogens is 502 g/mol. The van der Waals surface area contributed by atoms with E-state index in [0.717, 1.165) is 33.5 Å². The Morgan fingerprint density at radius 3 is 2.35 bits per heavy atom. The van der Waals surface area contributed by atoms with Crippen LogP contribution in [0.2, 0.25) is 0 Å². The monoisotopic (exact) mass is 527 g/mol. The number of hydrogen-bond donors (Lipinski definition) is 2. The maximum atomic E-state index is 6.10. The van der Waals surface area contributed by atoms with Gasteiger partial charge in [0.05, 0.1) is 17.9 Å². The van der Waals surface area contributed by atoms with Crippen LogP contribution in [0.1, 0.15) is 6.92 Å². The molecule has 0 amide bonds. The van der Waals surface area contributed by atoms with Gasteiger partial charge in [0.15, 0.2) is 5.82 Å². The van der Waals surface area contributed by atoms with Gasteiger partial charge in [-0.15, -0.1) is 10.2 Å². The van der Waals surface area contributed by atoms with E-state index in [4.69, 9.17) is 15.2 Å². The Balaban J connectivity index is 1.26. The third-order valence-electron chi connectivity index (χ3n) is 6.18. The molecule has 0 atom stereocenters. The number of nitrogens with two attached hydrogens (primary N) is 1. The summed E-state index contributed by atoms with van der Waals surface area (Å²) >= 11 is 0. The van der Waals surface area contributed by atoms with Crippen LogP contribution in [-0.2, 0) is 0 Å². The zero-order valence-electron chi connectivity index (χ0n) is 21.7. The Labute approximate surface area is 230 Å². The van der Waals surface area contributed by atoms with Gasteiger partial charge in [-0.1, -0.05) is 36.4 Å². The molecule has 0 saturated carbocycles. The average molecular weight is 528 g/mol. The summed E-state index contributed by atoms with van der Waals surface area (Å²) in [5.74, 6) is 2.65. The van der Waals surface area contributed by atoms with E-state index in [2.05, 4.69) is 30.5 Å². The van der Waals surface area contributed by atoms with Crippen molar-refractivity contribution in [2.75, 3.05) is 17.7 Å². The van der Waals surface area contributed by atoms with Crippen molar-refractivity contribution in [1.29, 1.82) is 0 Å². The highest BCUT2D eigenvalue weighted by Crippen LogP contribution is 2.36. The Morgan fingerprint density at radius 1 is 0.750 bits per heavy atom. The summed E-state index contributed by atoms with van der Waals surface area (Å²) in [6.07, 6.45) is 3.27. The first-order valence-electron chi connectivity index (χ1n) is 12.8. The van der Waals surface area contributed by atoms with Gasteiger partial charge in [-0.3, -0.25) is 0 Å². The first-order chi connectivity index (χ1) is 19.7. The van der Waals surface area contributed by atoms with E-state index in [1.165, 1.54) is 0 Å². The number of anilines is 3. The second kappa shape index (κ2) is 11.0. The van der Waals surface area contributed by atoms with Gasteiger partial charge in [0, 0.05) is 34.4 Å². The molecule has 0 unspecified atom stereocenters. The zero-order chi connectivity index (χ0) is 27.3. The van der Waals surface area contributed by atoms with Gasteiger partial charge in [-0.25, -0.2) is 15.0 Å². The fourth-order valence-electron chi connectivity index (χ4n) is 4.38. The lowest BCUT2D eigenvalue weighted by Crippen LogP contribution is -2.01. The van der Waals surface area contributed by atoms with E-state index in [1.807, 2.05) is 91.9 Å². The Morgan fingerprint density at radius 2 is 1.52 bits per heavy atom. The predicted octanol–water partition coefficient (Wildman–Crippen LogP) is 6.67. The molecule has 0 aliphatic heterocycles. The number of para-hydroxylation sites is 1. The van der Waals surface area contributed by atoms with Crippen molar-refractivity contribution in [3.63, 3.8) is 0 Å². The van der Waals surface area contributed by atoms with Gasteiger partial charge in [-0.05, 0) is 61.5 Å². The lowest BCUT2D eigenvalue weighted by atomic mass is 10.0. The molecule has 40 heavy (non-hydrogen) atoms. The molecule has 3 heterocycles. The third-order valence-corrected chi connectivity index (χ3v) is 6.18. The highest BCUT2D eigenvalue weighted by atomic mass is 16.5. The summed E-state index contributed by atoms with van der Waals surface area (Å²) < 4.78 is 11.9. The van der Waals surface area contributed by atoms with Crippen molar-refractivity contribution in [2.24, 2.45) is 0 Å². The SMILES string of the molecule is CCOc1ccccc1-c1nnc(Nc2ccc(Oc3ncccc3-c3ccnc(N)n3)cc2)c2ccccc12. The number of nitrogens with one attached hydrogen (secondary N) is 1. The van der Waals surface area contributed by atoms with Crippen molar-refractivity contribution in [3.8, 4) is 39.9 Å². The Hall–Kier alpha value is -5.57. The van der Waals surface area contributed by atoms with Crippen molar-refractivity contribution in [3.05, 3.63) is 103 Å². The van der Waals surface area contributed by atoms with Crippen LogP contribution in [-0.4, -0.2) is 31.8 Å². The maximum absolute atomic E-state index is 6.10. The molecule has 3 N–H and O–H groups in total. The summed E-state index contributed by atoms with van der Waals surface area (Å²) in [5.41, 5.74) is 9.61. The minimum absolute atomic E-state index is 0.185. The second-order valence-electron chi connectivity index (χ2n) is 8.78. The van der Waals surface area contributed by atoms with Gasteiger partial charge < -0.3 is 20.5 Å². The fourth-order valence-corrected chi connectivity index (χ4v) is 4.38. The van der Waals surface area contributed by atoms with Gasteiger partial charge in [-0.2, -0.15) is 0 Å². The number of benzene rings is 3. The van der Waals surface area contributed by atoms with E-state index in [1.54, 1.807) is 18.5 Å². The first kappa shape index (κ1) is 24.7. The third kappa shape index (κ3) is 5.08. The molecule has 6 rings (SSSR count). The molecule has 0 bridgehead atoms. The van der Waals surface area contributed by atoms with Crippen molar-refractivity contribution >= 4 is 28.2 Å². The normalized spacial score (nSPS) is 10.8. The molecule has 0 aliphatic carbocycles. The maximum Gasteiger partial charge on any atom is 0.228 e. The molecule has 0 radical (unpaired) electrons. The highest BCUT2D eigenvalue weighted by Gasteiger charge is 2.15. The smallest absolute Gasteiger partial charge is 0.228 e. The summed E-state index contributed by atoms with van der Waals surface area (Å²) in [7, 11) is 0. The standard InChI is InChI=1S/C31H25N7O2/c1-2-39-27-12-6-5-10-25(27)28-22-8-3-4-9-23(22)29(38-37-28)35-20-13-15-21(16-14-20)40-30-24(11-7-18-33-30)26-17-19-34-31(32)36-26/h3-19H,2H2,1H3,(H,35,38)(H2,32,34,36). The molecule has 9 nitrogen and oxygen atoms in total. The van der Waals surface area contributed by atoms with Crippen molar-refractivity contribution in [2.45, 2.75) is 6.92 Å². The predicted molar refractivity (Wildman–Crippen MR) is 156 cm³/mol. The number of rotatable bonds is 8. The largest absolute Gasteiger partial charge is 0.493 e. The average Bonchev–Trinajstić information content (AvgIpc) is 2.99. The van der Waals surface area contributed by atoms with Gasteiger partial charge in [0.1, 0.15) is 17.2 Å². The molecule has 3 aromatic heterocycles. The molecule has 0 aliphatic rings. The van der Waals surface area contributed by atoms with Gasteiger partial charge in [0.2, 0.25) is 11.8 Å². The summed E-state index contributed by atoms with van der Waals surface area (Å²) in [4.78, 5) is 12.6. The first-order valence-corrected chi connectivity index (χ1v) is 12.8. The van der Waals surface area contributed by atoms with Crippen LogP contribution in [0, 0.1) is 0 Å². The highest BCUT2D eigenvalue weighted by molar-refractivity contribution is 6.01. The zero-order valence-corrected chi connectivity index (χ0v) is 21.7. The van der Waals surface area contributed by atoms with E-state index in [-0.39, 0.29) is 5.95 Å². The minimum atomic E-state index is 0.185. The van der Waals surface area contributed by atoms with Crippen LogP contribution in [0.15, 0.2) is 103 Å². The summed E-state index contributed by atoms with van der Waals surface area (Å²) in [5, 5.41) is 14.4. The second-order valence-corrected chi connectivity index (χ2v) is 8.78. The number of hydrogen-bond acceptors (Lipinski definition) is 9. The topological polar surface area (TPSA) is 121 Å². The van der Waals surface area contributed by atoms with Crippen LogP contribution < -0.4 is 20.5 Å². The molecule has 196 valence electrons. The molecule has 0 saturated heterocycles. The molecule has 0 spiro atoms. The van der Waals surface area contributed by atoms with Crippen molar-refractivity contribution in [1.82, 2.24) is 25.1 Å². The van der Waals surface area contributed by atoms with E-state index in [9.17, 15) is 0 Å². The summed E-state index contributed by atoms with van der Waals surface area (Å²) in [6.45, 7) is 2.53. The number of pyridine rings is 1. The number of nitrogens with zero attached hydrogens (tertiary/aromatic N) is 5. The lowest BCUT2D eigenvalue weighted by Gasteiger charge is -2.14. The lowest BCUT2D eigenvalue weighted by molar-refractivity contribution is 0.341. The fraction of sp³-hybridized carbons (Fsp3) is 0.0645. The van der Waals surface area contributed by atoms with Crippen molar-refractivity contribution < 1.29 is 9.47 Å². The molecule has 9 heteroatoms. The molecule has 6 aromatic rings. The quantitative estimate of drug-likeness (QED) is 0.224. The van der Waals surface area contributed by atoms with Gasteiger partial charge in [0.25, 0.3) is 0 Å². The van der Waals surface area contributed by atoms with Crippen LogP contribution >= 0.6 is 0 Å². The Kier molecular flexibility index (Phi) is 6.83. The number of fused-ring (bicyclic) bond motifs is 1. The van der Waals surface area contributed by atoms with Gasteiger partial charge >= 0.3 is 0 Å². The van der Waals surface area contributed by atoms with Crippen LogP contribution in [0.25, 0.3) is 33.3 Å². The Bertz CT molecular complexity index is 1790. The summed E-state index contributed by atoms with van der Waals surface area (Å²) in [6, 6.07) is 28.9. The van der Waals surface area contributed by atoms with E-state index < -0.39 is 0 Å². The number of ether oxygens (including phenoxy) is 2. The molecule has 0 fully saturated rings. The van der Waals surface area contributed by atoms with E-state index in [0.29, 0.717) is 35.3 Å². The van der Waals surface area contributed by atoms with Crippen LogP contribution in [0.3, 0.4) is 0 Å². The van der Waals surface area contributed by atoms with Crippen LogP contribution in [0.4, 0.5) is 17.5 Å². The minimum Gasteiger partial charge on any atom is -0.493 e. The number of nitrogen functional groups attached to an aromatic ring is 1.